The zero-order valence-electron chi connectivity index (χ0n) is 17.6. The Labute approximate surface area is 177 Å². The van der Waals surface area contributed by atoms with Crippen molar-refractivity contribution in [2.45, 2.75) is 44.2 Å². The lowest BCUT2D eigenvalue weighted by Gasteiger charge is -2.32. The van der Waals surface area contributed by atoms with Crippen LogP contribution in [0.3, 0.4) is 0 Å². The molecule has 2 aliphatic heterocycles. The van der Waals surface area contributed by atoms with E-state index in [1.165, 1.54) is 15.4 Å². The van der Waals surface area contributed by atoms with E-state index in [0.717, 1.165) is 38.2 Å². The van der Waals surface area contributed by atoms with Gasteiger partial charge in [-0.15, -0.1) is 0 Å². The fraction of sp³-hybridized carbons (Fsp3) is 0.591. The number of ether oxygens (including phenoxy) is 1. The molecule has 0 atom stereocenters. The lowest BCUT2D eigenvalue weighted by molar-refractivity contribution is -0.917. The molecule has 3 fully saturated rings. The Bertz CT molecular complexity index is 796. The van der Waals surface area contributed by atoms with Crippen molar-refractivity contribution < 1.29 is 24.0 Å². The second kappa shape index (κ2) is 8.63. The summed E-state index contributed by atoms with van der Waals surface area (Å²) in [7, 11) is 1.66. The van der Waals surface area contributed by atoms with Gasteiger partial charge >= 0.3 is 6.03 Å². The molecular formula is C22H31N4O4+. The van der Waals surface area contributed by atoms with Gasteiger partial charge in [0, 0.05) is 18.5 Å². The molecule has 1 aliphatic carbocycles. The van der Waals surface area contributed by atoms with Crippen molar-refractivity contribution in [1.29, 1.82) is 0 Å². The molecule has 8 heteroatoms. The second-order valence-electron chi connectivity index (χ2n) is 8.58. The first kappa shape index (κ1) is 20.7. The van der Waals surface area contributed by atoms with Gasteiger partial charge in [0.25, 0.3) is 5.91 Å². The Hall–Kier alpha value is -2.61. The van der Waals surface area contributed by atoms with Crippen LogP contribution in [-0.2, 0) is 16.1 Å². The number of imide groups is 1. The van der Waals surface area contributed by atoms with Gasteiger partial charge < -0.3 is 19.9 Å². The summed E-state index contributed by atoms with van der Waals surface area (Å²) in [4.78, 5) is 42.1. The van der Waals surface area contributed by atoms with E-state index in [1.807, 2.05) is 17.0 Å². The van der Waals surface area contributed by atoms with Gasteiger partial charge in [-0.1, -0.05) is 12.8 Å². The van der Waals surface area contributed by atoms with Crippen molar-refractivity contribution in [1.82, 2.24) is 15.1 Å². The molecule has 0 bridgehead atoms. The Morgan fingerprint density at radius 1 is 1.13 bits per heavy atom. The molecule has 0 radical (unpaired) electrons. The molecule has 2 N–H and O–H groups in total. The molecule has 30 heavy (non-hydrogen) atoms. The summed E-state index contributed by atoms with van der Waals surface area (Å²) in [5.41, 5.74) is 0.557. The van der Waals surface area contributed by atoms with Crippen LogP contribution in [0.2, 0.25) is 0 Å². The Morgan fingerprint density at radius 2 is 1.80 bits per heavy atom. The quantitative estimate of drug-likeness (QED) is 0.650. The van der Waals surface area contributed by atoms with Gasteiger partial charge in [0.2, 0.25) is 5.91 Å². The van der Waals surface area contributed by atoms with Crippen LogP contribution in [0.15, 0.2) is 24.3 Å². The van der Waals surface area contributed by atoms with Crippen LogP contribution >= 0.6 is 0 Å². The van der Waals surface area contributed by atoms with Gasteiger partial charge in [0.1, 0.15) is 17.8 Å². The number of piperazine rings is 1. The number of amides is 4. The summed E-state index contributed by atoms with van der Waals surface area (Å²) in [5.74, 6) is 0.728. The molecule has 1 aromatic carbocycles. The number of nitrogens with zero attached hydrogens (tertiary/aromatic N) is 2. The van der Waals surface area contributed by atoms with Crippen molar-refractivity contribution >= 4 is 17.8 Å². The number of rotatable bonds is 6. The molecule has 4 rings (SSSR count). The fourth-order valence-electron chi connectivity index (χ4n) is 4.84. The average Bonchev–Trinajstić information content (AvgIpc) is 3.32. The largest absolute Gasteiger partial charge is 0.497 e. The van der Waals surface area contributed by atoms with Crippen molar-refractivity contribution in [3.05, 3.63) is 29.8 Å². The third-order valence-electron chi connectivity index (χ3n) is 6.69. The molecule has 0 unspecified atom stereocenters. The predicted molar refractivity (Wildman–Crippen MR) is 110 cm³/mol. The van der Waals surface area contributed by atoms with Gasteiger partial charge in [-0.05, 0) is 37.1 Å². The SMILES string of the molecule is COc1ccc(C[NH+]2CCN(C(=O)CCN3C(=O)NC4(CCCC4)C3=O)CC2)cc1. The van der Waals surface area contributed by atoms with Gasteiger partial charge in [-0.2, -0.15) is 0 Å². The number of hydrogen-bond acceptors (Lipinski definition) is 4. The Balaban J connectivity index is 1.22. The highest BCUT2D eigenvalue weighted by molar-refractivity contribution is 6.07. The van der Waals surface area contributed by atoms with E-state index in [-0.39, 0.29) is 30.8 Å². The number of nitrogens with one attached hydrogen (secondary N) is 2. The van der Waals surface area contributed by atoms with Crippen molar-refractivity contribution in [2.24, 2.45) is 0 Å². The molecular weight excluding hydrogens is 384 g/mol. The Morgan fingerprint density at radius 3 is 2.43 bits per heavy atom. The van der Waals surface area contributed by atoms with Crippen molar-refractivity contribution in [3.63, 3.8) is 0 Å². The lowest BCUT2D eigenvalue weighted by Crippen LogP contribution is -3.13. The number of hydrogen-bond donors (Lipinski definition) is 2. The topological polar surface area (TPSA) is 83.4 Å². The van der Waals surface area contributed by atoms with Crippen LogP contribution in [-0.4, -0.2) is 73.0 Å². The number of benzene rings is 1. The van der Waals surface area contributed by atoms with Gasteiger partial charge in [-0.3, -0.25) is 14.5 Å². The second-order valence-corrected chi connectivity index (χ2v) is 8.58. The van der Waals surface area contributed by atoms with Crippen LogP contribution in [0.4, 0.5) is 4.79 Å². The predicted octanol–water partition coefficient (Wildman–Crippen LogP) is 0.177. The van der Waals surface area contributed by atoms with E-state index in [1.54, 1.807) is 7.11 Å². The normalized spacial score (nSPS) is 21.4. The molecule has 2 heterocycles. The van der Waals surface area contributed by atoms with E-state index in [2.05, 4.69) is 17.4 Å². The third-order valence-corrected chi connectivity index (χ3v) is 6.69. The van der Waals surface area contributed by atoms with E-state index >= 15 is 0 Å². The molecule has 1 saturated carbocycles. The van der Waals surface area contributed by atoms with Crippen LogP contribution in [0.25, 0.3) is 0 Å². The van der Waals surface area contributed by atoms with Crippen LogP contribution < -0.4 is 15.0 Å². The van der Waals surface area contributed by atoms with E-state index < -0.39 is 5.54 Å². The highest BCUT2D eigenvalue weighted by Gasteiger charge is 2.52. The summed E-state index contributed by atoms with van der Waals surface area (Å²) >= 11 is 0. The number of carbonyl (C=O) groups is 3. The zero-order chi connectivity index (χ0) is 21.1. The third kappa shape index (κ3) is 4.14. The summed E-state index contributed by atoms with van der Waals surface area (Å²) in [6.07, 6.45) is 3.54. The summed E-state index contributed by atoms with van der Waals surface area (Å²) < 4.78 is 5.20. The summed E-state index contributed by atoms with van der Waals surface area (Å²) in [6.45, 7) is 4.29. The summed E-state index contributed by atoms with van der Waals surface area (Å²) in [6, 6.07) is 7.76. The van der Waals surface area contributed by atoms with Crippen LogP contribution in [0, 0.1) is 0 Å². The zero-order valence-corrected chi connectivity index (χ0v) is 17.6. The molecule has 4 amide bonds. The molecule has 3 aliphatic rings. The molecule has 0 aromatic heterocycles. The first-order valence-electron chi connectivity index (χ1n) is 10.9. The molecule has 1 spiro atoms. The van der Waals surface area contributed by atoms with Gasteiger partial charge in [-0.25, -0.2) is 4.79 Å². The maximum absolute atomic E-state index is 12.7. The maximum atomic E-state index is 12.7. The molecule has 8 nitrogen and oxygen atoms in total. The standard InChI is InChI=1S/C22H30N4O4/c1-30-18-6-4-17(5-7-18)16-24-12-14-25(15-13-24)19(27)8-11-26-20(28)22(23-21(26)29)9-2-3-10-22/h4-7H,2-3,8-16H2,1H3,(H,23,29)/p+1. The fourth-order valence-corrected chi connectivity index (χ4v) is 4.84. The first-order chi connectivity index (χ1) is 14.5. The van der Waals surface area contributed by atoms with Crippen LogP contribution in [0.1, 0.15) is 37.7 Å². The maximum Gasteiger partial charge on any atom is 0.325 e. The van der Waals surface area contributed by atoms with Gasteiger partial charge in [0.05, 0.1) is 33.3 Å². The smallest absolute Gasteiger partial charge is 0.325 e. The van der Waals surface area contributed by atoms with E-state index in [4.69, 9.17) is 4.74 Å². The van der Waals surface area contributed by atoms with Crippen molar-refractivity contribution in [2.75, 3.05) is 39.8 Å². The molecule has 1 aromatic rings. The Kier molecular flexibility index (Phi) is 5.94. The van der Waals surface area contributed by atoms with Crippen LogP contribution in [0.5, 0.6) is 5.75 Å². The van der Waals surface area contributed by atoms with E-state index in [9.17, 15) is 14.4 Å². The molecule has 162 valence electrons. The van der Waals surface area contributed by atoms with E-state index in [0.29, 0.717) is 25.9 Å². The highest BCUT2D eigenvalue weighted by Crippen LogP contribution is 2.35. The molecule has 2 saturated heterocycles. The monoisotopic (exact) mass is 415 g/mol. The minimum Gasteiger partial charge on any atom is -0.497 e. The first-order valence-corrected chi connectivity index (χ1v) is 10.9. The van der Waals surface area contributed by atoms with Crippen molar-refractivity contribution in [3.8, 4) is 5.75 Å². The number of carbonyl (C=O) groups excluding carboxylic acids is 3. The summed E-state index contributed by atoms with van der Waals surface area (Å²) in [5, 5.41) is 2.87. The number of quaternary nitrogens is 1. The minimum atomic E-state index is -0.698. The number of urea groups is 1. The lowest BCUT2D eigenvalue weighted by atomic mass is 9.98. The highest BCUT2D eigenvalue weighted by atomic mass is 16.5. The number of methoxy groups -OCH3 is 1. The minimum absolute atomic E-state index is 0.0199. The van der Waals surface area contributed by atoms with Gasteiger partial charge in [0.15, 0.2) is 0 Å². The average molecular weight is 416 g/mol.